The summed E-state index contributed by atoms with van der Waals surface area (Å²) >= 11 is 0. The number of Topliss-reactive ketones (excluding diaryl/α,β-unsaturated/α-hetero) is 1. The molecule has 0 bridgehead atoms. The van der Waals surface area contributed by atoms with Crippen molar-refractivity contribution in [1.82, 2.24) is 0 Å². The molecule has 0 saturated carbocycles. The molecule has 21 heavy (non-hydrogen) atoms. The third kappa shape index (κ3) is 4.79. The molecule has 2 rings (SSSR count). The Balaban J connectivity index is 1.68. The molecular weight excluding hydrogens is 273 g/mol. The molecule has 1 aliphatic heterocycles. The van der Waals surface area contributed by atoms with Gasteiger partial charge in [0.15, 0.2) is 5.78 Å². The molecule has 0 aromatic heterocycles. The molecule has 1 saturated heterocycles. The van der Waals surface area contributed by atoms with Gasteiger partial charge >= 0.3 is 0 Å². The lowest BCUT2D eigenvalue weighted by molar-refractivity contribution is 0.0897. The lowest BCUT2D eigenvalue weighted by Gasteiger charge is -2.12. The zero-order valence-electron chi connectivity index (χ0n) is 12.4. The third-order valence-electron chi connectivity index (χ3n) is 3.52. The van der Waals surface area contributed by atoms with Crippen molar-refractivity contribution in [2.45, 2.75) is 19.8 Å². The number of hydrogen-bond acceptors (Lipinski definition) is 4. The minimum absolute atomic E-state index is 0.126. The predicted molar refractivity (Wildman–Crippen MR) is 79.3 cm³/mol. The zero-order valence-corrected chi connectivity index (χ0v) is 12.4. The van der Waals surface area contributed by atoms with Gasteiger partial charge in [0.2, 0.25) is 0 Å². The molecule has 0 unspecified atom stereocenters. The summed E-state index contributed by atoms with van der Waals surface area (Å²) in [5, 5.41) is 3.10. The Hall–Kier alpha value is -1.46. The molecule has 0 aliphatic carbocycles. The maximum Gasteiger partial charge on any atom is 0.164 e. The minimum Gasteiger partial charge on any atom is -0.384 e. The van der Waals surface area contributed by atoms with Crippen LogP contribution in [0.2, 0.25) is 0 Å². The smallest absolute Gasteiger partial charge is 0.164 e. The van der Waals surface area contributed by atoms with E-state index in [9.17, 15) is 9.18 Å². The monoisotopic (exact) mass is 295 g/mol. The fraction of sp³-hybridized carbons (Fsp3) is 0.562. The molecule has 1 atom stereocenters. The first-order chi connectivity index (χ1) is 10.2. The number of benzene rings is 1. The van der Waals surface area contributed by atoms with Crippen molar-refractivity contribution in [3.8, 4) is 0 Å². The number of carbonyl (C=O) groups excluding carboxylic acids is 1. The van der Waals surface area contributed by atoms with E-state index in [0.29, 0.717) is 24.8 Å². The quantitative estimate of drug-likeness (QED) is 0.592. The van der Waals surface area contributed by atoms with Gasteiger partial charge in [-0.2, -0.15) is 0 Å². The Kier molecular flexibility index (Phi) is 6.14. The second-order valence-corrected chi connectivity index (χ2v) is 5.30. The molecule has 1 aliphatic rings. The number of hydrogen-bond donors (Lipinski definition) is 1. The average molecular weight is 295 g/mol. The average Bonchev–Trinajstić information content (AvgIpc) is 2.95. The van der Waals surface area contributed by atoms with Crippen molar-refractivity contribution in [1.29, 1.82) is 0 Å². The molecule has 0 spiro atoms. The number of halogens is 1. The third-order valence-corrected chi connectivity index (χ3v) is 3.52. The van der Waals surface area contributed by atoms with Crippen LogP contribution in [0.25, 0.3) is 0 Å². The van der Waals surface area contributed by atoms with Crippen LogP contribution in [0, 0.1) is 11.7 Å². The van der Waals surface area contributed by atoms with Crippen LogP contribution in [0.3, 0.4) is 0 Å². The summed E-state index contributed by atoms with van der Waals surface area (Å²) in [6, 6.07) is 4.62. The highest BCUT2D eigenvalue weighted by Gasteiger charge is 2.15. The van der Waals surface area contributed by atoms with E-state index in [-0.39, 0.29) is 11.3 Å². The fourth-order valence-corrected chi connectivity index (χ4v) is 2.39. The van der Waals surface area contributed by atoms with Gasteiger partial charge in [0.1, 0.15) is 5.82 Å². The molecule has 0 radical (unpaired) electrons. The van der Waals surface area contributed by atoms with Gasteiger partial charge in [0.05, 0.1) is 18.8 Å². The summed E-state index contributed by atoms with van der Waals surface area (Å²) in [4.78, 5) is 11.5. The van der Waals surface area contributed by atoms with E-state index in [1.54, 1.807) is 12.1 Å². The van der Waals surface area contributed by atoms with Crippen molar-refractivity contribution >= 4 is 11.5 Å². The van der Waals surface area contributed by atoms with Crippen LogP contribution in [0.5, 0.6) is 0 Å². The molecular formula is C16H22FNO3. The molecule has 4 nitrogen and oxygen atoms in total. The number of ether oxygens (including phenoxy) is 2. The summed E-state index contributed by atoms with van der Waals surface area (Å²) in [6.07, 6.45) is 1.88. The molecule has 1 fully saturated rings. The van der Waals surface area contributed by atoms with Crippen LogP contribution < -0.4 is 5.32 Å². The minimum atomic E-state index is -0.481. The summed E-state index contributed by atoms with van der Waals surface area (Å²) in [7, 11) is 0. The first kappa shape index (κ1) is 15.9. The van der Waals surface area contributed by atoms with Crippen molar-refractivity contribution in [3.63, 3.8) is 0 Å². The van der Waals surface area contributed by atoms with Crippen molar-refractivity contribution < 1.29 is 18.7 Å². The first-order valence-corrected chi connectivity index (χ1v) is 7.37. The van der Waals surface area contributed by atoms with Crippen molar-refractivity contribution in [2.24, 2.45) is 5.92 Å². The highest BCUT2D eigenvalue weighted by Crippen LogP contribution is 2.19. The van der Waals surface area contributed by atoms with E-state index < -0.39 is 5.82 Å². The van der Waals surface area contributed by atoms with E-state index in [0.717, 1.165) is 32.7 Å². The fourth-order valence-electron chi connectivity index (χ4n) is 2.39. The normalized spacial score (nSPS) is 17.9. The van der Waals surface area contributed by atoms with Crippen molar-refractivity contribution in [3.05, 3.63) is 29.6 Å². The molecule has 1 aromatic carbocycles. The SMILES string of the molecule is CC(=O)c1c(F)cccc1NCCCOC[C@@H]1CCOC1. The van der Waals surface area contributed by atoms with E-state index in [1.807, 2.05) is 0 Å². The first-order valence-electron chi connectivity index (χ1n) is 7.37. The number of nitrogens with one attached hydrogen (secondary N) is 1. The highest BCUT2D eigenvalue weighted by molar-refractivity contribution is 5.99. The van der Waals surface area contributed by atoms with Crippen LogP contribution in [0.1, 0.15) is 30.1 Å². The number of rotatable bonds is 8. The maximum atomic E-state index is 13.6. The van der Waals surface area contributed by atoms with Gasteiger partial charge in [-0.05, 0) is 31.9 Å². The van der Waals surface area contributed by atoms with Crippen LogP contribution in [-0.2, 0) is 9.47 Å². The molecule has 0 amide bonds. The lowest BCUT2D eigenvalue weighted by atomic mass is 10.1. The Morgan fingerprint density at radius 3 is 3.10 bits per heavy atom. The largest absolute Gasteiger partial charge is 0.384 e. The predicted octanol–water partition coefficient (Wildman–Crippen LogP) is 2.88. The Morgan fingerprint density at radius 2 is 2.38 bits per heavy atom. The molecule has 1 aromatic rings. The van der Waals surface area contributed by atoms with Crippen LogP contribution in [-0.4, -0.2) is 38.8 Å². The van der Waals surface area contributed by atoms with E-state index in [2.05, 4.69) is 5.32 Å². The standard InChI is InChI=1S/C16H22FNO3/c1-12(19)16-14(17)4-2-5-15(16)18-7-3-8-20-10-13-6-9-21-11-13/h2,4-5,13,18H,3,6-11H2,1H3/t13-/m0/s1. The van der Waals surface area contributed by atoms with Gasteiger partial charge in [0.25, 0.3) is 0 Å². The maximum absolute atomic E-state index is 13.6. The summed E-state index contributed by atoms with van der Waals surface area (Å²) in [6.45, 7) is 5.03. The lowest BCUT2D eigenvalue weighted by Crippen LogP contribution is -2.13. The van der Waals surface area contributed by atoms with Crippen LogP contribution in [0.4, 0.5) is 10.1 Å². The molecule has 1 N–H and O–H groups in total. The second-order valence-electron chi connectivity index (χ2n) is 5.30. The number of carbonyl (C=O) groups is 1. The summed E-state index contributed by atoms with van der Waals surface area (Å²) in [5.74, 6) is -0.233. The van der Waals surface area contributed by atoms with E-state index in [1.165, 1.54) is 13.0 Å². The topological polar surface area (TPSA) is 47.6 Å². The van der Waals surface area contributed by atoms with Gasteiger partial charge < -0.3 is 14.8 Å². The molecule has 116 valence electrons. The number of ketones is 1. The zero-order chi connectivity index (χ0) is 15.1. The van der Waals surface area contributed by atoms with Gasteiger partial charge in [-0.3, -0.25) is 4.79 Å². The molecule has 5 heteroatoms. The Labute approximate surface area is 124 Å². The highest BCUT2D eigenvalue weighted by atomic mass is 19.1. The van der Waals surface area contributed by atoms with Crippen molar-refractivity contribution in [2.75, 3.05) is 38.3 Å². The summed E-state index contributed by atoms with van der Waals surface area (Å²) in [5.41, 5.74) is 0.674. The van der Waals surface area contributed by atoms with Crippen LogP contribution >= 0.6 is 0 Å². The second kappa shape index (κ2) is 8.10. The van der Waals surface area contributed by atoms with E-state index >= 15 is 0 Å². The van der Waals surface area contributed by atoms with Gasteiger partial charge in [-0.25, -0.2) is 4.39 Å². The summed E-state index contributed by atoms with van der Waals surface area (Å²) < 4.78 is 24.5. The van der Waals surface area contributed by atoms with Gasteiger partial charge in [-0.15, -0.1) is 0 Å². The van der Waals surface area contributed by atoms with Crippen LogP contribution in [0.15, 0.2) is 18.2 Å². The Bertz CT molecular complexity index is 473. The molecule has 1 heterocycles. The van der Waals surface area contributed by atoms with E-state index in [4.69, 9.17) is 9.47 Å². The number of anilines is 1. The van der Waals surface area contributed by atoms with Gasteiger partial charge in [-0.1, -0.05) is 6.07 Å². The Morgan fingerprint density at radius 1 is 1.52 bits per heavy atom. The van der Waals surface area contributed by atoms with Gasteiger partial charge in [0, 0.05) is 31.4 Å².